The SMILES string of the molecule is Cc1ccc(N(C)C)cc1-c1ccc(C[C@H](NC(=O)C2CCC(CNC(=O)O)CC2)C(=O)Nc2ccc(-c3nn[nH]n3)cc2)cc1.O=CO. The Hall–Kier alpha value is -5.79. The first-order valence-electron chi connectivity index (χ1n) is 15.9. The number of hydrogen-bond donors (Lipinski definition) is 6. The second-order valence-corrected chi connectivity index (χ2v) is 12.2. The molecule has 5 rings (SSSR count). The van der Waals surface area contributed by atoms with Crippen LogP contribution >= 0.6 is 0 Å². The third kappa shape index (κ3) is 10.3. The second-order valence-electron chi connectivity index (χ2n) is 12.2. The van der Waals surface area contributed by atoms with Crippen molar-refractivity contribution in [3.8, 4) is 22.5 Å². The molecule has 3 amide bonds. The van der Waals surface area contributed by atoms with Crippen molar-refractivity contribution in [1.82, 2.24) is 31.3 Å². The molecule has 0 spiro atoms. The molecule has 258 valence electrons. The van der Waals surface area contributed by atoms with Gasteiger partial charge >= 0.3 is 6.09 Å². The fraction of sp³-hybridized carbons (Fsp3) is 0.343. The van der Waals surface area contributed by atoms with Crippen LogP contribution in [0.3, 0.4) is 0 Å². The van der Waals surface area contributed by atoms with E-state index in [0.717, 1.165) is 40.8 Å². The molecule has 1 aliphatic carbocycles. The molecule has 14 heteroatoms. The van der Waals surface area contributed by atoms with Gasteiger partial charge in [0.25, 0.3) is 6.47 Å². The normalized spacial score (nSPS) is 15.9. The van der Waals surface area contributed by atoms with Gasteiger partial charge in [-0.05, 0) is 102 Å². The number of anilines is 2. The molecule has 0 aliphatic heterocycles. The first-order chi connectivity index (χ1) is 23.6. The maximum absolute atomic E-state index is 13.7. The molecule has 1 atom stereocenters. The highest BCUT2D eigenvalue weighted by atomic mass is 16.4. The van der Waals surface area contributed by atoms with Crippen molar-refractivity contribution in [2.75, 3.05) is 30.9 Å². The van der Waals surface area contributed by atoms with E-state index in [1.54, 1.807) is 24.3 Å². The maximum Gasteiger partial charge on any atom is 0.404 e. The number of aromatic amines is 1. The van der Waals surface area contributed by atoms with E-state index in [9.17, 15) is 14.4 Å². The molecule has 4 aromatic rings. The Bertz CT molecular complexity index is 1690. The van der Waals surface area contributed by atoms with Crippen molar-refractivity contribution in [2.45, 2.75) is 45.1 Å². The van der Waals surface area contributed by atoms with Crippen LogP contribution in [0.15, 0.2) is 66.7 Å². The first kappa shape index (κ1) is 36.1. The van der Waals surface area contributed by atoms with E-state index in [4.69, 9.17) is 15.0 Å². The van der Waals surface area contributed by atoms with Gasteiger partial charge in [0.05, 0.1) is 0 Å². The van der Waals surface area contributed by atoms with E-state index in [2.05, 4.69) is 78.7 Å². The van der Waals surface area contributed by atoms with Gasteiger partial charge in [0.1, 0.15) is 6.04 Å². The van der Waals surface area contributed by atoms with Crippen LogP contribution in [0, 0.1) is 18.8 Å². The smallest absolute Gasteiger partial charge is 0.404 e. The molecule has 1 aromatic heterocycles. The Morgan fingerprint density at radius 3 is 2.22 bits per heavy atom. The predicted molar refractivity (Wildman–Crippen MR) is 185 cm³/mol. The summed E-state index contributed by atoms with van der Waals surface area (Å²) in [4.78, 5) is 48.4. The monoisotopic (exact) mass is 670 g/mol. The highest BCUT2D eigenvalue weighted by Gasteiger charge is 2.30. The minimum atomic E-state index is -1.04. The highest BCUT2D eigenvalue weighted by Crippen LogP contribution is 2.30. The van der Waals surface area contributed by atoms with Crippen LogP contribution in [0.5, 0.6) is 0 Å². The summed E-state index contributed by atoms with van der Waals surface area (Å²) < 4.78 is 0. The number of hydrogen-bond acceptors (Lipinski definition) is 8. The van der Waals surface area contributed by atoms with E-state index in [0.29, 0.717) is 37.3 Å². The Morgan fingerprint density at radius 2 is 1.63 bits per heavy atom. The number of carbonyl (C=O) groups is 4. The number of aryl methyl sites for hydroxylation is 1. The Kier molecular flexibility index (Phi) is 12.8. The van der Waals surface area contributed by atoms with Crippen LogP contribution < -0.4 is 20.9 Å². The van der Waals surface area contributed by atoms with Crippen molar-refractivity contribution < 1.29 is 29.4 Å². The third-order valence-corrected chi connectivity index (χ3v) is 8.59. The summed E-state index contributed by atoms with van der Waals surface area (Å²) in [5.41, 5.74) is 6.74. The molecule has 3 aromatic carbocycles. The van der Waals surface area contributed by atoms with Crippen molar-refractivity contribution >= 4 is 35.8 Å². The summed E-state index contributed by atoms with van der Waals surface area (Å²) in [6.45, 7) is 2.22. The topological polar surface area (TPSA) is 203 Å². The number of benzene rings is 3. The number of nitrogens with one attached hydrogen (secondary N) is 4. The first-order valence-corrected chi connectivity index (χ1v) is 15.9. The third-order valence-electron chi connectivity index (χ3n) is 8.59. The molecule has 0 saturated heterocycles. The number of H-pyrrole nitrogens is 1. The lowest BCUT2D eigenvalue weighted by atomic mass is 9.81. The van der Waals surface area contributed by atoms with Crippen molar-refractivity contribution in [3.05, 3.63) is 77.9 Å². The lowest BCUT2D eigenvalue weighted by molar-refractivity contribution is -0.130. The molecular weight excluding hydrogens is 628 g/mol. The number of nitrogens with zero attached hydrogens (tertiary/aromatic N) is 4. The quantitative estimate of drug-likeness (QED) is 0.125. The summed E-state index contributed by atoms with van der Waals surface area (Å²) in [7, 11) is 4.03. The molecule has 0 unspecified atom stereocenters. The lowest BCUT2D eigenvalue weighted by Gasteiger charge is -2.29. The molecule has 1 saturated carbocycles. The van der Waals surface area contributed by atoms with Gasteiger partial charge in [-0.1, -0.05) is 30.3 Å². The summed E-state index contributed by atoms with van der Waals surface area (Å²) in [6.07, 6.45) is 2.06. The predicted octanol–water partition coefficient (Wildman–Crippen LogP) is 4.35. The van der Waals surface area contributed by atoms with Gasteiger partial charge in [-0.2, -0.15) is 5.21 Å². The standard InChI is InChI=1S/C34H40N8O4.CH2O2/c1-21-4-17-28(42(2)3)19-29(21)24-9-5-22(6-10-24)18-30(37-32(43)26-11-7-23(8-12-26)20-35-34(45)46)33(44)36-27-15-13-25(14-16-27)31-38-40-41-39-31;2-1-3/h4-6,9-10,13-17,19,23,26,30,35H,7-8,11-12,18,20H2,1-3H3,(H,36,44)(H,37,43)(H,45,46)(H,38,39,40,41);1H,(H,2,3)/t23?,26?,30-;/m0./s1. The number of rotatable bonds is 11. The van der Waals surface area contributed by atoms with E-state index in [1.165, 1.54) is 5.56 Å². The summed E-state index contributed by atoms with van der Waals surface area (Å²) in [6, 6.07) is 20.8. The van der Waals surface area contributed by atoms with Crippen LogP contribution in [-0.2, 0) is 20.8 Å². The summed E-state index contributed by atoms with van der Waals surface area (Å²) in [5.74, 6) is -0.0673. The average molecular weight is 671 g/mol. The Morgan fingerprint density at radius 1 is 0.980 bits per heavy atom. The fourth-order valence-corrected chi connectivity index (χ4v) is 5.83. The van der Waals surface area contributed by atoms with E-state index >= 15 is 0 Å². The molecule has 6 N–H and O–H groups in total. The van der Waals surface area contributed by atoms with Crippen molar-refractivity contribution in [1.29, 1.82) is 0 Å². The Labute approximate surface area is 284 Å². The van der Waals surface area contributed by atoms with Crippen LogP contribution in [0.4, 0.5) is 16.2 Å². The lowest BCUT2D eigenvalue weighted by Crippen LogP contribution is -2.48. The second kappa shape index (κ2) is 17.4. The zero-order valence-corrected chi connectivity index (χ0v) is 27.7. The van der Waals surface area contributed by atoms with Crippen LogP contribution in [0.25, 0.3) is 22.5 Å². The zero-order chi connectivity index (χ0) is 35.3. The Balaban J connectivity index is 0.00000174. The highest BCUT2D eigenvalue weighted by molar-refractivity contribution is 5.97. The van der Waals surface area contributed by atoms with Crippen LogP contribution in [-0.4, -0.2) is 81.9 Å². The van der Waals surface area contributed by atoms with Crippen molar-refractivity contribution in [3.63, 3.8) is 0 Å². The zero-order valence-electron chi connectivity index (χ0n) is 27.7. The van der Waals surface area contributed by atoms with Crippen LogP contribution in [0.1, 0.15) is 36.8 Å². The number of carbonyl (C=O) groups excluding carboxylic acids is 2. The molecule has 1 fully saturated rings. The summed E-state index contributed by atoms with van der Waals surface area (Å²) >= 11 is 0. The van der Waals surface area contributed by atoms with E-state index in [1.807, 2.05) is 26.2 Å². The molecule has 14 nitrogen and oxygen atoms in total. The average Bonchev–Trinajstić information content (AvgIpc) is 3.64. The van der Waals surface area contributed by atoms with Gasteiger partial charge in [-0.15, -0.1) is 10.2 Å². The molecule has 49 heavy (non-hydrogen) atoms. The molecule has 0 bridgehead atoms. The maximum atomic E-state index is 13.7. The largest absolute Gasteiger partial charge is 0.483 e. The van der Waals surface area contributed by atoms with Gasteiger partial charge in [0.2, 0.25) is 17.6 Å². The molecule has 1 aliphatic rings. The van der Waals surface area contributed by atoms with E-state index < -0.39 is 12.1 Å². The van der Waals surface area contributed by atoms with Gasteiger partial charge in [-0.3, -0.25) is 14.4 Å². The number of amides is 3. The minimum absolute atomic E-state index is 0.162. The van der Waals surface area contributed by atoms with Gasteiger partial charge in [-0.25, -0.2) is 4.79 Å². The molecule has 0 radical (unpaired) electrons. The number of aromatic nitrogens is 4. The van der Waals surface area contributed by atoms with Gasteiger partial charge in [0.15, 0.2) is 0 Å². The van der Waals surface area contributed by atoms with Gasteiger partial charge in [0, 0.05) is 49.9 Å². The van der Waals surface area contributed by atoms with Crippen molar-refractivity contribution in [2.24, 2.45) is 11.8 Å². The number of carboxylic acid groups (broad SMARTS) is 2. The fourth-order valence-electron chi connectivity index (χ4n) is 5.83. The van der Waals surface area contributed by atoms with Gasteiger partial charge < -0.3 is 31.1 Å². The number of tetrazole rings is 1. The summed E-state index contributed by atoms with van der Waals surface area (Å²) in [5, 5.41) is 38.2. The van der Waals surface area contributed by atoms with E-state index in [-0.39, 0.29) is 30.1 Å². The molecular formula is C35H42N8O6. The molecule has 1 heterocycles. The minimum Gasteiger partial charge on any atom is -0.483 e. The van der Waals surface area contributed by atoms with Crippen LogP contribution in [0.2, 0.25) is 0 Å².